The quantitative estimate of drug-likeness (QED) is 0.707. The second kappa shape index (κ2) is 5.28. The topological polar surface area (TPSA) is 13.1 Å². The predicted octanol–water partition coefficient (Wildman–Crippen LogP) is 5.23. The predicted molar refractivity (Wildman–Crippen MR) is 75.0 cm³/mol. The molecule has 0 aliphatic heterocycles. The van der Waals surface area contributed by atoms with E-state index in [1.807, 2.05) is 6.07 Å². The van der Waals surface area contributed by atoms with E-state index in [4.69, 9.17) is 16.0 Å². The van der Waals surface area contributed by atoms with E-state index < -0.39 is 0 Å². The van der Waals surface area contributed by atoms with Gasteiger partial charge in [-0.25, -0.2) is 0 Å². The second-order valence-corrected chi connectivity index (χ2v) is 5.72. The summed E-state index contributed by atoms with van der Waals surface area (Å²) >= 11 is 9.42. The number of alkyl halides is 1. The monoisotopic (exact) mass is 312 g/mol. The van der Waals surface area contributed by atoms with Crippen LogP contribution >= 0.6 is 27.5 Å². The Morgan fingerprint density at radius 2 is 2.00 bits per heavy atom. The van der Waals surface area contributed by atoms with Gasteiger partial charge >= 0.3 is 0 Å². The van der Waals surface area contributed by atoms with Crippen molar-refractivity contribution < 1.29 is 4.42 Å². The van der Waals surface area contributed by atoms with E-state index in [1.54, 1.807) is 6.07 Å². The smallest absolute Gasteiger partial charge is 0.193 e. The SMILES string of the molecule is Cc1ccc(C)c(CC(Br)c2ccc(Cl)o2)c1. The molecule has 0 aliphatic rings. The van der Waals surface area contributed by atoms with E-state index in [0.717, 1.165) is 12.2 Å². The number of furan rings is 1. The van der Waals surface area contributed by atoms with Crippen molar-refractivity contribution in [3.8, 4) is 0 Å². The van der Waals surface area contributed by atoms with Crippen LogP contribution in [0.1, 0.15) is 27.3 Å². The molecule has 1 unspecified atom stereocenters. The average molecular weight is 314 g/mol. The standard InChI is InChI=1S/C14H14BrClO/c1-9-3-4-10(2)11(7-9)8-12(15)13-5-6-14(16)17-13/h3-7,12H,8H2,1-2H3. The molecule has 17 heavy (non-hydrogen) atoms. The van der Waals surface area contributed by atoms with Crippen molar-refractivity contribution >= 4 is 27.5 Å². The van der Waals surface area contributed by atoms with Gasteiger partial charge in [0.25, 0.3) is 0 Å². The fraction of sp³-hybridized carbons (Fsp3) is 0.286. The van der Waals surface area contributed by atoms with Crippen LogP contribution < -0.4 is 0 Å². The largest absolute Gasteiger partial charge is 0.449 e. The van der Waals surface area contributed by atoms with E-state index in [-0.39, 0.29) is 4.83 Å². The molecule has 0 saturated carbocycles. The van der Waals surface area contributed by atoms with Gasteiger partial charge in [-0.1, -0.05) is 39.7 Å². The summed E-state index contributed by atoms with van der Waals surface area (Å²) in [6.07, 6.45) is 0.900. The molecule has 0 saturated heterocycles. The molecule has 0 spiro atoms. The minimum absolute atomic E-state index is 0.162. The third-order valence-electron chi connectivity index (χ3n) is 2.81. The first kappa shape index (κ1) is 12.7. The molecule has 90 valence electrons. The molecular formula is C14H14BrClO. The van der Waals surface area contributed by atoms with Gasteiger partial charge in [0.15, 0.2) is 5.22 Å². The van der Waals surface area contributed by atoms with Crippen LogP contribution in [-0.2, 0) is 6.42 Å². The Bertz CT molecular complexity index is 519. The number of hydrogen-bond acceptors (Lipinski definition) is 1. The van der Waals surface area contributed by atoms with Gasteiger partial charge in [0.05, 0.1) is 4.83 Å². The van der Waals surface area contributed by atoms with Crippen LogP contribution in [0.5, 0.6) is 0 Å². The van der Waals surface area contributed by atoms with Crippen molar-refractivity contribution in [2.45, 2.75) is 25.1 Å². The number of hydrogen-bond donors (Lipinski definition) is 0. The van der Waals surface area contributed by atoms with E-state index in [2.05, 4.69) is 48.0 Å². The molecule has 1 aromatic carbocycles. The summed E-state index contributed by atoms with van der Waals surface area (Å²) < 4.78 is 5.41. The molecule has 1 nitrogen and oxygen atoms in total. The lowest BCUT2D eigenvalue weighted by Crippen LogP contribution is -1.97. The molecular weight excluding hydrogens is 300 g/mol. The molecule has 2 aromatic rings. The van der Waals surface area contributed by atoms with Crippen molar-refractivity contribution in [2.75, 3.05) is 0 Å². The number of aryl methyl sites for hydroxylation is 2. The van der Waals surface area contributed by atoms with Crippen LogP contribution in [0.3, 0.4) is 0 Å². The second-order valence-electron chi connectivity index (χ2n) is 4.24. The summed E-state index contributed by atoms with van der Waals surface area (Å²) in [7, 11) is 0. The van der Waals surface area contributed by atoms with Gasteiger partial charge in [-0.15, -0.1) is 0 Å². The maximum Gasteiger partial charge on any atom is 0.193 e. The first-order valence-corrected chi connectivity index (χ1v) is 6.81. The summed E-state index contributed by atoms with van der Waals surface area (Å²) in [5, 5.41) is 0.436. The van der Waals surface area contributed by atoms with Gasteiger partial charge in [-0.2, -0.15) is 0 Å². The van der Waals surface area contributed by atoms with Crippen molar-refractivity contribution in [3.63, 3.8) is 0 Å². The number of rotatable bonds is 3. The Morgan fingerprint density at radius 3 is 2.65 bits per heavy atom. The lowest BCUT2D eigenvalue weighted by molar-refractivity contribution is 0.508. The van der Waals surface area contributed by atoms with Gasteiger partial charge in [-0.3, -0.25) is 0 Å². The molecule has 0 fully saturated rings. The van der Waals surface area contributed by atoms with E-state index in [9.17, 15) is 0 Å². The van der Waals surface area contributed by atoms with Crippen LogP contribution in [0, 0.1) is 13.8 Å². The highest BCUT2D eigenvalue weighted by atomic mass is 79.9. The number of benzene rings is 1. The lowest BCUT2D eigenvalue weighted by Gasteiger charge is -2.10. The minimum atomic E-state index is 0.162. The fourth-order valence-corrected chi connectivity index (χ4v) is 2.56. The Kier molecular flexibility index (Phi) is 3.95. The summed E-state index contributed by atoms with van der Waals surface area (Å²) in [6.45, 7) is 4.24. The molecule has 3 heteroatoms. The van der Waals surface area contributed by atoms with Gasteiger partial charge in [-0.05, 0) is 55.1 Å². The zero-order chi connectivity index (χ0) is 12.4. The van der Waals surface area contributed by atoms with E-state index in [0.29, 0.717) is 5.22 Å². The van der Waals surface area contributed by atoms with E-state index >= 15 is 0 Å². The van der Waals surface area contributed by atoms with Crippen molar-refractivity contribution in [1.29, 1.82) is 0 Å². The third-order valence-corrected chi connectivity index (χ3v) is 3.78. The zero-order valence-electron chi connectivity index (χ0n) is 9.84. The normalized spacial score (nSPS) is 12.7. The van der Waals surface area contributed by atoms with Crippen LogP contribution in [0.15, 0.2) is 34.7 Å². The highest BCUT2D eigenvalue weighted by molar-refractivity contribution is 9.09. The molecule has 2 rings (SSSR count). The van der Waals surface area contributed by atoms with Crippen LogP contribution in [0.2, 0.25) is 5.22 Å². The third kappa shape index (κ3) is 3.14. The summed E-state index contributed by atoms with van der Waals surface area (Å²) in [5.41, 5.74) is 3.92. The molecule has 0 radical (unpaired) electrons. The Morgan fingerprint density at radius 1 is 1.24 bits per heavy atom. The molecule has 1 atom stereocenters. The first-order valence-electron chi connectivity index (χ1n) is 5.51. The Labute approximate surface area is 115 Å². The Hall–Kier alpha value is -0.730. The molecule has 0 amide bonds. The molecule has 0 aliphatic carbocycles. The number of halogens is 2. The van der Waals surface area contributed by atoms with Gasteiger partial charge in [0.2, 0.25) is 0 Å². The highest BCUT2D eigenvalue weighted by Crippen LogP contribution is 2.31. The van der Waals surface area contributed by atoms with Crippen molar-refractivity contribution in [1.82, 2.24) is 0 Å². The average Bonchev–Trinajstić information content (AvgIpc) is 2.70. The Balaban J connectivity index is 2.18. The zero-order valence-corrected chi connectivity index (χ0v) is 12.2. The first-order chi connectivity index (χ1) is 8.06. The summed E-state index contributed by atoms with van der Waals surface area (Å²) in [6, 6.07) is 10.2. The molecule has 1 heterocycles. The fourth-order valence-electron chi connectivity index (χ4n) is 1.81. The molecule has 0 bridgehead atoms. The van der Waals surface area contributed by atoms with Crippen LogP contribution in [0.4, 0.5) is 0 Å². The van der Waals surface area contributed by atoms with Gasteiger partial charge in [0.1, 0.15) is 5.76 Å². The lowest BCUT2D eigenvalue weighted by atomic mass is 10.0. The molecule has 1 aromatic heterocycles. The van der Waals surface area contributed by atoms with Crippen molar-refractivity contribution in [3.05, 3.63) is 58.0 Å². The van der Waals surface area contributed by atoms with Crippen LogP contribution in [-0.4, -0.2) is 0 Å². The van der Waals surface area contributed by atoms with Crippen molar-refractivity contribution in [2.24, 2.45) is 0 Å². The van der Waals surface area contributed by atoms with E-state index in [1.165, 1.54) is 16.7 Å². The maximum absolute atomic E-state index is 5.78. The summed E-state index contributed by atoms with van der Waals surface area (Å²) in [4.78, 5) is 0.162. The van der Waals surface area contributed by atoms with Gasteiger partial charge < -0.3 is 4.42 Å². The van der Waals surface area contributed by atoms with Gasteiger partial charge in [0, 0.05) is 0 Å². The highest BCUT2D eigenvalue weighted by Gasteiger charge is 2.13. The minimum Gasteiger partial charge on any atom is -0.449 e. The summed E-state index contributed by atoms with van der Waals surface area (Å²) in [5.74, 6) is 0.871. The molecule has 0 N–H and O–H groups in total. The van der Waals surface area contributed by atoms with Crippen LogP contribution in [0.25, 0.3) is 0 Å². The maximum atomic E-state index is 5.78.